The number of fused-ring (bicyclic) bond motifs is 3. The van der Waals surface area contributed by atoms with Crippen molar-refractivity contribution >= 4 is 27.4 Å². The van der Waals surface area contributed by atoms with Gasteiger partial charge in [-0.15, -0.1) is 11.3 Å². The Labute approximate surface area is 140 Å². The lowest BCUT2D eigenvalue weighted by Gasteiger charge is -2.20. The van der Waals surface area contributed by atoms with Crippen LogP contribution in [0.3, 0.4) is 0 Å². The van der Waals surface area contributed by atoms with Crippen molar-refractivity contribution in [1.82, 2.24) is 19.5 Å². The summed E-state index contributed by atoms with van der Waals surface area (Å²) in [5, 5.41) is 1.30. The Morgan fingerprint density at radius 2 is 2.17 bits per heavy atom. The molecule has 4 rings (SSSR count). The highest BCUT2D eigenvalue weighted by molar-refractivity contribution is 7.19. The minimum absolute atomic E-state index is 0.981. The molecule has 0 amide bonds. The fourth-order valence-corrected chi connectivity index (χ4v) is 4.60. The lowest BCUT2D eigenvalue weighted by Crippen LogP contribution is -2.21. The molecule has 120 valence electrons. The van der Waals surface area contributed by atoms with Gasteiger partial charge in [-0.3, -0.25) is 0 Å². The third-order valence-corrected chi connectivity index (χ3v) is 5.76. The van der Waals surface area contributed by atoms with Crippen LogP contribution in [-0.2, 0) is 19.4 Å². The van der Waals surface area contributed by atoms with Gasteiger partial charge >= 0.3 is 0 Å². The lowest BCUT2D eigenvalue weighted by molar-refractivity contribution is 0.636. The maximum Gasteiger partial charge on any atom is 0.140 e. The first-order valence-corrected chi connectivity index (χ1v) is 9.06. The molecule has 3 aromatic rings. The number of aryl methyl sites for hydroxylation is 3. The molecule has 0 atom stereocenters. The second kappa shape index (κ2) is 6.28. The molecule has 3 heterocycles. The molecule has 5 nitrogen and oxygen atoms in total. The van der Waals surface area contributed by atoms with Crippen LogP contribution in [0.2, 0.25) is 0 Å². The summed E-state index contributed by atoms with van der Waals surface area (Å²) in [6.07, 6.45) is 13.5. The van der Waals surface area contributed by atoms with Crippen molar-refractivity contribution in [1.29, 1.82) is 0 Å². The summed E-state index contributed by atoms with van der Waals surface area (Å²) < 4.78 is 2.12. The highest BCUT2D eigenvalue weighted by Crippen LogP contribution is 2.38. The summed E-state index contributed by atoms with van der Waals surface area (Å²) in [7, 11) is 2.14. The van der Waals surface area contributed by atoms with Gasteiger partial charge in [-0.25, -0.2) is 15.0 Å². The number of hydrogen-bond donors (Lipinski definition) is 0. The van der Waals surface area contributed by atoms with Gasteiger partial charge < -0.3 is 9.47 Å². The molecule has 0 radical (unpaired) electrons. The van der Waals surface area contributed by atoms with Gasteiger partial charge in [-0.05, 0) is 37.7 Å². The maximum atomic E-state index is 4.61. The smallest absolute Gasteiger partial charge is 0.140 e. The molecule has 0 aliphatic heterocycles. The van der Waals surface area contributed by atoms with E-state index in [0.717, 1.165) is 30.2 Å². The zero-order valence-corrected chi connectivity index (χ0v) is 14.2. The molecule has 23 heavy (non-hydrogen) atoms. The first kappa shape index (κ1) is 14.6. The van der Waals surface area contributed by atoms with E-state index in [1.54, 1.807) is 6.33 Å². The zero-order valence-electron chi connectivity index (χ0n) is 13.4. The van der Waals surface area contributed by atoms with Crippen LogP contribution in [0.25, 0.3) is 10.2 Å². The molecule has 0 aromatic carbocycles. The fourth-order valence-electron chi connectivity index (χ4n) is 3.38. The van der Waals surface area contributed by atoms with E-state index in [9.17, 15) is 0 Å². The standard InChI is InChI=1S/C17H21N5S/c1-21(8-4-9-22-10-7-18-12-22)16-15-13-5-2-3-6-14(13)23-17(15)20-11-19-16/h7,10-12H,2-6,8-9H2,1H3. The van der Waals surface area contributed by atoms with Crippen LogP contribution < -0.4 is 4.90 Å². The third-order valence-electron chi connectivity index (χ3n) is 4.56. The molecule has 0 fully saturated rings. The predicted octanol–water partition coefficient (Wildman–Crippen LogP) is 3.29. The van der Waals surface area contributed by atoms with Crippen LogP contribution in [0.4, 0.5) is 5.82 Å². The number of aromatic nitrogens is 4. The summed E-state index contributed by atoms with van der Waals surface area (Å²) >= 11 is 1.86. The van der Waals surface area contributed by atoms with Crippen LogP contribution >= 0.6 is 11.3 Å². The first-order valence-electron chi connectivity index (χ1n) is 8.25. The van der Waals surface area contributed by atoms with Gasteiger partial charge in [0.15, 0.2) is 0 Å². The van der Waals surface area contributed by atoms with Crippen molar-refractivity contribution in [2.45, 2.75) is 38.6 Å². The highest BCUT2D eigenvalue weighted by Gasteiger charge is 2.21. The Morgan fingerprint density at radius 1 is 1.26 bits per heavy atom. The van der Waals surface area contributed by atoms with Crippen molar-refractivity contribution in [3.8, 4) is 0 Å². The lowest BCUT2D eigenvalue weighted by atomic mass is 9.97. The average molecular weight is 327 g/mol. The van der Waals surface area contributed by atoms with E-state index < -0.39 is 0 Å². The van der Waals surface area contributed by atoms with Gasteiger partial charge in [-0.2, -0.15) is 0 Å². The van der Waals surface area contributed by atoms with E-state index in [1.807, 2.05) is 30.1 Å². The maximum absolute atomic E-state index is 4.61. The number of nitrogens with zero attached hydrogens (tertiary/aromatic N) is 5. The van der Waals surface area contributed by atoms with Gasteiger partial charge in [-0.1, -0.05) is 0 Å². The van der Waals surface area contributed by atoms with Crippen LogP contribution in [-0.4, -0.2) is 33.1 Å². The third kappa shape index (κ3) is 2.83. The Balaban J connectivity index is 1.56. The van der Waals surface area contributed by atoms with Gasteiger partial charge in [0, 0.05) is 37.4 Å². The minimum Gasteiger partial charge on any atom is -0.359 e. The molecule has 1 aliphatic rings. The zero-order chi connectivity index (χ0) is 15.6. The van der Waals surface area contributed by atoms with Crippen molar-refractivity contribution in [2.75, 3.05) is 18.5 Å². The molecular weight excluding hydrogens is 306 g/mol. The summed E-state index contributed by atoms with van der Waals surface area (Å²) in [5.41, 5.74) is 1.51. The SMILES string of the molecule is CN(CCCn1ccnc1)c1ncnc2sc3c(c12)CCCC3. The molecule has 0 spiro atoms. The van der Waals surface area contributed by atoms with E-state index >= 15 is 0 Å². The molecule has 1 aliphatic carbocycles. The van der Waals surface area contributed by atoms with Crippen molar-refractivity contribution in [3.05, 3.63) is 35.5 Å². The van der Waals surface area contributed by atoms with E-state index in [1.165, 1.54) is 41.5 Å². The van der Waals surface area contributed by atoms with Gasteiger partial charge in [0.1, 0.15) is 17.0 Å². The molecule has 0 bridgehead atoms. The summed E-state index contributed by atoms with van der Waals surface area (Å²) in [6.45, 7) is 1.97. The Hall–Kier alpha value is -1.95. The van der Waals surface area contributed by atoms with Gasteiger partial charge in [0.25, 0.3) is 0 Å². The van der Waals surface area contributed by atoms with Crippen LogP contribution in [0.1, 0.15) is 29.7 Å². The second-order valence-corrected chi connectivity index (χ2v) is 7.25. The molecule has 0 unspecified atom stereocenters. The first-order chi connectivity index (χ1) is 11.3. The van der Waals surface area contributed by atoms with E-state index in [4.69, 9.17) is 0 Å². The van der Waals surface area contributed by atoms with Crippen LogP contribution in [0, 0.1) is 0 Å². The summed E-state index contributed by atoms with van der Waals surface area (Å²) in [4.78, 5) is 18.2. The van der Waals surface area contributed by atoms with Crippen molar-refractivity contribution < 1.29 is 0 Å². The van der Waals surface area contributed by atoms with E-state index in [-0.39, 0.29) is 0 Å². The quantitative estimate of drug-likeness (QED) is 0.721. The number of hydrogen-bond acceptors (Lipinski definition) is 5. The number of imidazole rings is 1. The topological polar surface area (TPSA) is 46.8 Å². The van der Waals surface area contributed by atoms with Crippen molar-refractivity contribution in [2.24, 2.45) is 0 Å². The van der Waals surface area contributed by atoms with E-state index in [2.05, 4.69) is 31.5 Å². The Bertz CT molecular complexity index is 793. The summed E-state index contributed by atoms with van der Waals surface area (Å²) in [5.74, 6) is 1.10. The minimum atomic E-state index is 0.981. The molecular formula is C17H21N5S. The summed E-state index contributed by atoms with van der Waals surface area (Å²) in [6, 6.07) is 0. The monoisotopic (exact) mass is 327 g/mol. The normalized spacial score (nSPS) is 14.1. The molecule has 0 saturated heterocycles. The number of thiophene rings is 1. The largest absolute Gasteiger partial charge is 0.359 e. The number of anilines is 1. The van der Waals surface area contributed by atoms with Gasteiger partial charge in [0.2, 0.25) is 0 Å². The Kier molecular flexibility index (Phi) is 3.99. The fraction of sp³-hybridized carbons (Fsp3) is 0.471. The van der Waals surface area contributed by atoms with Crippen LogP contribution in [0.5, 0.6) is 0 Å². The van der Waals surface area contributed by atoms with Gasteiger partial charge in [0.05, 0.1) is 11.7 Å². The average Bonchev–Trinajstić information content (AvgIpc) is 3.21. The second-order valence-electron chi connectivity index (χ2n) is 6.16. The number of rotatable bonds is 5. The Morgan fingerprint density at radius 3 is 3.04 bits per heavy atom. The molecule has 0 N–H and O–H groups in total. The molecule has 6 heteroatoms. The van der Waals surface area contributed by atoms with E-state index in [0.29, 0.717) is 0 Å². The molecule has 0 saturated carbocycles. The van der Waals surface area contributed by atoms with Crippen molar-refractivity contribution in [3.63, 3.8) is 0 Å². The van der Waals surface area contributed by atoms with Crippen LogP contribution in [0.15, 0.2) is 25.0 Å². The molecule has 3 aromatic heterocycles. The highest BCUT2D eigenvalue weighted by atomic mass is 32.1. The predicted molar refractivity (Wildman–Crippen MR) is 94.2 cm³/mol.